The van der Waals surface area contributed by atoms with Crippen LogP contribution in [-0.4, -0.2) is 61.8 Å². The van der Waals surface area contributed by atoms with Crippen LogP contribution in [0.5, 0.6) is 0 Å². The average Bonchev–Trinajstić information content (AvgIpc) is 2.87. The third kappa shape index (κ3) is 8.45. The summed E-state index contributed by atoms with van der Waals surface area (Å²) in [6.07, 6.45) is 4.19. The van der Waals surface area contributed by atoms with Crippen molar-refractivity contribution in [2.24, 2.45) is 0 Å². The minimum absolute atomic E-state index is 0.0408. The fourth-order valence-electron chi connectivity index (χ4n) is 3.65. The van der Waals surface area contributed by atoms with E-state index in [9.17, 15) is 4.79 Å². The molecule has 0 spiro atoms. The minimum atomic E-state index is -1.46. The van der Waals surface area contributed by atoms with Crippen LogP contribution < -0.4 is 0 Å². The van der Waals surface area contributed by atoms with Crippen LogP contribution in [0.15, 0.2) is 60.6 Å². The molecule has 0 fully saturated rings. The van der Waals surface area contributed by atoms with Gasteiger partial charge in [0.05, 0.1) is 37.4 Å². The molecule has 0 saturated heterocycles. The zero-order valence-electron chi connectivity index (χ0n) is 21.5. The van der Waals surface area contributed by atoms with Crippen LogP contribution in [0.25, 0.3) is 0 Å². The lowest BCUT2D eigenvalue weighted by Crippen LogP contribution is -2.39. The predicted molar refractivity (Wildman–Crippen MR) is 147 cm³/mol. The number of halogens is 3. The number of hydrogen-bond donors (Lipinski definition) is 0. The van der Waals surface area contributed by atoms with E-state index in [0.29, 0.717) is 21.8 Å². The number of carbonyl (C=O) groups excluding carboxylic acids is 1. The Morgan fingerprint density at radius 3 is 2.51 bits per heavy atom. The number of ether oxygens (including phenoxy) is 2. The van der Waals surface area contributed by atoms with Crippen molar-refractivity contribution in [3.63, 3.8) is 0 Å². The Morgan fingerprint density at radius 1 is 1.22 bits per heavy atom. The van der Waals surface area contributed by atoms with Gasteiger partial charge in [-0.25, -0.2) is 14.4 Å². The summed E-state index contributed by atoms with van der Waals surface area (Å²) in [5.41, 5.74) is 1.27. The number of carbonyl (C=O) groups is 1. The fourth-order valence-corrected chi connectivity index (χ4v) is 4.53. The second kappa shape index (κ2) is 13.6. The molecule has 1 heterocycles. The summed E-state index contributed by atoms with van der Waals surface area (Å²) in [6.45, 7) is 9.55. The van der Waals surface area contributed by atoms with E-state index in [-0.39, 0.29) is 40.2 Å². The Hall–Kier alpha value is -2.10. The monoisotopic (exact) mass is 564 g/mol. The van der Waals surface area contributed by atoms with Gasteiger partial charge >= 0.3 is 9.52 Å². The number of hydrogen-bond acceptors (Lipinski definition) is 5. The summed E-state index contributed by atoms with van der Waals surface area (Å²) in [4.78, 5) is 22.8. The standard InChI is InChI=1S/C27H33Cl2FN3O3Si/c1-18(35-13-12-27(2,3)37-4)15-33(26(34)23-24(28)31-17-32-25(23)29)20-10-11-22(21(30)14-20)36-16-19-8-6-5-7-9-19/h5-11,14,17-18,21-22,37H,12-13,15-16H2,1-4H3/q+1/t18-,21?,22?/m1/s1. The van der Waals surface area contributed by atoms with E-state index in [1.165, 1.54) is 17.3 Å². The van der Waals surface area contributed by atoms with Gasteiger partial charge in [0.25, 0.3) is 5.91 Å². The highest BCUT2D eigenvalue weighted by Crippen LogP contribution is 2.29. The normalized spacial score (nSPS) is 18.3. The molecule has 0 radical (unpaired) electrons. The highest BCUT2D eigenvalue weighted by molar-refractivity contribution is 6.38. The summed E-state index contributed by atoms with van der Waals surface area (Å²) < 4.78 is 27.0. The van der Waals surface area contributed by atoms with E-state index >= 15 is 4.39 Å². The van der Waals surface area contributed by atoms with Crippen molar-refractivity contribution < 1.29 is 18.7 Å². The molecule has 3 rings (SSSR count). The molecule has 2 aromatic rings. The molecule has 3 atom stereocenters. The van der Waals surface area contributed by atoms with Gasteiger partial charge < -0.3 is 14.4 Å². The van der Waals surface area contributed by atoms with Crippen LogP contribution in [0.1, 0.15) is 43.1 Å². The van der Waals surface area contributed by atoms with Gasteiger partial charge in [-0.05, 0) is 38.5 Å². The van der Waals surface area contributed by atoms with Crippen LogP contribution >= 0.6 is 23.2 Å². The van der Waals surface area contributed by atoms with Crippen molar-refractivity contribution in [1.82, 2.24) is 14.9 Å². The molecular formula is C27H33Cl2FN3O3Si+. The van der Waals surface area contributed by atoms with Gasteiger partial charge in [-0.15, -0.1) is 0 Å². The summed E-state index contributed by atoms with van der Waals surface area (Å²) in [5, 5.41) is 0.0951. The molecule has 10 heteroatoms. The van der Waals surface area contributed by atoms with Crippen molar-refractivity contribution >= 4 is 38.6 Å². The van der Waals surface area contributed by atoms with Crippen LogP contribution in [0.3, 0.4) is 0 Å². The van der Waals surface area contributed by atoms with Gasteiger partial charge in [-0.3, -0.25) is 4.79 Å². The van der Waals surface area contributed by atoms with Crippen LogP contribution in [-0.2, 0) is 16.1 Å². The maximum atomic E-state index is 15.2. The van der Waals surface area contributed by atoms with Crippen LogP contribution in [0, 0.1) is 0 Å². The summed E-state index contributed by atoms with van der Waals surface area (Å²) >= 11 is 12.4. The van der Waals surface area contributed by atoms with Crippen LogP contribution in [0.2, 0.25) is 21.9 Å². The van der Waals surface area contributed by atoms with E-state index < -0.39 is 18.2 Å². The quantitative estimate of drug-likeness (QED) is 0.231. The second-order valence-corrected chi connectivity index (χ2v) is 12.5. The topological polar surface area (TPSA) is 64.5 Å². The minimum Gasteiger partial charge on any atom is -0.377 e. The smallest absolute Gasteiger partial charge is 0.301 e. The molecule has 1 aromatic carbocycles. The van der Waals surface area contributed by atoms with Crippen molar-refractivity contribution in [2.45, 2.75) is 63.8 Å². The number of benzene rings is 1. The van der Waals surface area contributed by atoms with Crippen molar-refractivity contribution in [3.05, 3.63) is 82.0 Å². The predicted octanol–water partition coefficient (Wildman–Crippen LogP) is 6.08. The Balaban J connectivity index is 1.76. The Labute approximate surface area is 230 Å². The summed E-state index contributed by atoms with van der Waals surface area (Å²) in [7, 11) is 0.298. The van der Waals surface area contributed by atoms with Gasteiger partial charge in [-0.2, -0.15) is 0 Å². The number of rotatable bonds is 12. The van der Waals surface area contributed by atoms with Crippen molar-refractivity contribution in [1.29, 1.82) is 0 Å². The summed E-state index contributed by atoms with van der Waals surface area (Å²) in [6, 6.07) is 9.56. The molecule has 1 aliphatic rings. The maximum absolute atomic E-state index is 15.2. The number of alkyl halides is 1. The first-order chi connectivity index (χ1) is 17.6. The zero-order chi connectivity index (χ0) is 27.0. The van der Waals surface area contributed by atoms with Gasteiger partial charge in [-0.1, -0.05) is 59.6 Å². The largest absolute Gasteiger partial charge is 0.377 e. The molecule has 1 amide bonds. The first kappa shape index (κ1) is 29.5. The van der Waals surface area contributed by atoms with Crippen LogP contribution in [0.4, 0.5) is 4.39 Å². The van der Waals surface area contributed by atoms with E-state index in [4.69, 9.17) is 32.7 Å². The van der Waals surface area contributed by atoms with E-state index in [1.807, 2.05) is 37.3 Å². The number of nitrogens with zero attached hydrogens (tertiary/aromatic N) is 3. The summed E-state index contributed by atoms with van der Waals surface area (Å²) in [5.74, 6) is -0.531. The number of allylic oxidation sites excluding steroid dienone is 1. The molecule has 0 N–H and O–H groups in total. The third-order valence-corrected chi connectivity index (χ3v) is 8.71. The molecule has 1 aliphatic carbocycles. The zero-order valence-corrected chi connectivity index (χ0v) is 24.2. The average molecular weight is 566 g/mol. The molecule has 0 bridgehead atoms. The Bertz CT molecular complexity index is 1100. The van der Waals surface area contributed by atoms with Gasteiger partial charge in [0, 0.05) is 12.1 Å². The highest BCUT2D eigenvalue weighted by atomic mass is 35.5. The molecule has 1 aromatic heterocycles. The molecule has 37 heavy (non-hydrogen) atoms. The van der Waals surface area contributed by atoms with Crippen molar-refractivity contribution in [2.75, 3.05) is 13.2 Å². The van der Waals surface area contributed by atoms with Gasteiger partial charge in [0.2, 0.25) is 0 Å². The molecule has 6 nitrogen and oxygen atoms in total. The molecular weight excluding hydrogens is 532 g/mol. The second-order valence-electron chi connectivity index (χ2n) is 9.61. The molecule has 0 saturated carbocycles. The Morgan fingerprint density at radius 2 is 1.89 bits per heavy atom. The lowest BCUT2D eigenvalue weighted by atomic mass is 10.1. The van der Waals surface area contributed by atoms with E-state index in [2.05, 4.69) is 30.4 Å². The molecule has 198 valence electrons. The molecule has 2 unspecified atom stereocenters. The first-order valence-electron chi connectivity index (χ1n) is 12.2. The van der Waals surface area contributed by atoms with Gasteiger partial charge in [0.15, 0.2) is 6.17 Å². The third-order valence-electron chi connectivity index (χ3n) is 6.28. The molecule has 0 aliphatic heterocycles. The maximum Gasteiger partial charge on any atom is 0.301 e. The fraction of sp³-hybridized carbons (Fsp3) is 0.444. The number of amides is 1. The Kier molecular flexibility index (Phi) is 10.8. The van der Waals surface area contributed by atoms with E-state index in [0.717, 1.165) is 12.0 Å². The first-order valence-corrected chi connectivity index (χ1v) is 14.7. The SMILES string of the molecule is C[SiH+]C(C)(C)CCO[C@H](C)CN(C(=O)c1c(Cl)ncnc1Cl)C1=CC(F)C(OCc2ccccc2)C=C1. The van der Waals surface area contributed by atoms with Crippen molar-refractivity contribution in [3.8, 4) is 0 Å². The van der Waals surface area contributed by atoms with Gasteiger partial charge in [0.1, 0.15) is 28.3 Å². The van der Waals surface area contributed by atoms with E-state index in [1.54, 1.807) is 12.2 Å². The number of aromatic nitrogens is 2. The highest BCUT2D eigenvalue weighted by Gasteiger charge is 2.31. The lowest BCUT2D eigenvalue weighted by Gasteiger charge is -2.30. The lowest BCUT2D eigenvalue weighted by molar-refractivity contribution is 0.0270.